The quantitative estimate of drug-likeness (QED) is 0.147. The van der Waals surface area contributed by atoms with Gasteiger partial charge in [0.05, 0.1) is 41.6 Å². The molecule has 83 heavy (non-hydrogen) atoms. The molecule has 2 aliphatic heterocycles. The second kappa shape index (κ2) is 19.5. The van der Waals surface area contributed by atoms with Crippen molar-refractivity contribution < 1.29 is 23.3 Å². The highest BCUT2D eigenvalue weighted by molar-refractivity contribution is 7.00. The number of anilines is 6. The maximum Gasteiger partial charge on any atom is 0.252 e. The third-order valence-electron chi connectivity index (χ3n) is 16.5. The molecule has 0 amide bonds. The van der Waals surface area contributed by atoms with Crippen molar-refractivity contribution in [2.45, 2.75) is 85.4 Å². The van der Waals surface area contributed by atoms with E-state index in [2.05, 4.69) is 86.6 Å². The Labute approximate surface area is 515 Å². The smallest absolute Gasteiger partial charge is 0.252 e. The zero-order chi connectivity index (χ0) is 71.8. The molecule has 0 fully saturated rings. The maximum absolute atomic E-state index is 11.5. The number of aromatic nitrogens is 1. The molecule has 1 aromatic heterocycles. The Morgan fingerprint density at radius 2 is 0.759 bits per heavy atom. The minimum absolute atomic E-state index is 0.0183. The van der Waals surface area contributed by atoms with Gasteiger partial charge in [0, 0.05) is 65.6 Å². The highest BCUT2D eigenvalue weighted by Crippen LogP contribution is 2.55. The minimum atomic E-state index is -3.40. The fourth-order valence-electron chi connectivity index (χ4n) is 12.3. The number of fused-ring (bicyclic) bond motifs is 7. The van der Waals surface area contributed by atoms with Crippen molar-refractivity contribution in [1.29, 1.82) is 0 Å². The molecule has 404 valence electrons. The summed E-state index contributed by atoms with van der Waals surface area (Å²) in [5, 5.41) is -0.704. The zero-order valence-electron chi connectivity index (χ0n) is 64.9. The molecule has 0 spiro atoms. The van der Waals surface area contributed by atoms with E-state index in [0.717, 1.165) is 26.8 Å². The van der Waals surface area contributed by atoms with Gasteiger partial charge in [-0.05, 0) is 145 Å². The van der Waals surface area contributed by atoms with Crippen molar-refractivity contribution in [2.75, 3.05) is 9.80 Å². The van der Waals surface area contributed by atoms with Gasteiger partial charge >= 0.3 is 0 Å². The lowest BCUT2D eigenvalue weighted by molar-refractivity contribution is 0.590. The van der Waals surface area contributed by atoms with E-state index >= 15 is 0 Å². The Hall–Kier alpha value is -9.12. The molecule has 14 rings (SSSR count). The monoisotopic (exact) mass is 1090 g/mol. The van der Waals surface area contributed by atoms with Crippen molar-refractivity contribution in [1.82, 2.24) is 4.57 Å². The van der Waals surface area contributed by atoms with Gasteiger partial charge in [-0.2, -0.15) is 0 Å². The SMILES string of the molecule is [2H]c1c([2H])c([2H])c2c(c1[2H])B1c3c(cc(C(C)(C)C)cc3N(c3c(-c4ccccc4)cc(C(C)(C)C)cc3-c3ccccc3)c3c([2H])c(-n4c5c([2H])c([2H])c([2H])c([2H])c5c5c([2H])c([2H])c([2H])c([2H])c54)c([2H])c(C([2H])([2H])[2H])c31)N2c1c(-c2ccccc2)cc(C(C)(C)C)cc1-c1ccccc1. The number of para-hydroxylation sites is 3. The van der Waals surface area contributed by atoms with Crippen LogP contribution in [0.25, 0.3) is 72.0 Å². The average molecular weight is 1090 g/mol. The molecule has 11 aromatic carbocycles. The van der Waals surface area contributed by atoms with Crippen molar-refractivity contribution in [3.05, 3.63) is 265 Å². The highest BCUT2D eigenvalue weighted by atomic mass is 15.2. The standard InChI is InChI=1S/C79H70BN3/c1-51-43-59(81-67-40-26-23-37-60(67)61-38-24-27-41-68(61)81)50-72-73(51)80-66-39-25-28-42-69(66)82(75-62(52-29-15-11-16-30-52)44-56(77(2,3)4)45-63(75)53-31-17-12-18-32-53)70-48-58(79(8,9)10)49-71(74(70)80)83(72)76-64(54-33-19-13-20-34-54)46-57(78(5,6)7)47-65(76)55-35-21-14-22-36-55/h11-50H,1-10H3/i1D3,23D,24D,25D,26D,27D,28D,37D,38D,39D,40D,41D,42D,43D,50D. The van der Waals surface area contributed by atoms with Crippen molar-refractivity contribution in [2.24, 2.45) is 0 Å². The number of rotatable bonds is 7. The van der Waals surface area contributed by atoms with E-state index < -0.39 is 137 Å². The number of nitrogens with zero attached hydrogens (tertiary/aromatic N) is 3. The summed E-state index contributed by atoms with van der Waals surface area (Å²) in [6.07, 6.45) is 0. The first kappa shape index (κ1) is 36.4. The van der Waals surface area contributed by atoms with Crippen LogP contribution in [0.3, 0.4) is 0 Å². The van der Waals surface area contributed by atoms with Crippen LogP contribution in [0.4, 0.5) is 34.1 Å². The van der Waals surface area contributed by atoms with E-state index in [4.69, 9.17) is 2.74 Å². The third kappa shape index (κ3) is 8.64. The highest BCUT2D eigenvalue weighted by Gasteiger charge is 2.47. The minimum Gasteiger partial charge on any atom is -0.310 e. The maximum atomic E-state index is 11.5. The van der Waals surface area contributed by atoms with Crippen LogP contribution in [0, 0.1) is 6.85 Å². The van der Waals surface area contributed by atoms with Gasteiger partial charge in [-0.25, -0.2) is 0 Å². The summed E-state index contributed by atoms with van der Waals surface area (Å²) in [4.78, 5) is 3.80. The van der Waals surface area contributed by atoms with Crippen LogP contribution in [0.1, 0.15) is 108 Å². The van der Waals surface area contributed by atoms with Gasteiger partial charge in [0.15, 0.2) is 0 Å². The summed E-state index contributed by atoms with van der Waals surface area (Å²) in [6, 6.07) is 41.9. The number of hydrogen-bond acceptors (Lipinski definition) is 2. The van der Waals surface area contributed by atoms with Crippen molar-refractivity contribution in [3.63, 3.8) is 0 Å². The van der Waals surface area contributed by atoms with E-state index in [1.165, 1.54) is 0 Å². The first-order valence-electron chi connectivity index (χ1n) is 36.7. The van der Waals surface area contributed by atoms with Gasteiger partial charge in [0.1, 0.15) is 0 Å². The molecule has 0 unspecified atom stereocenters. The van der Waals surface area contributed by atoms with Gasteiger partial charge < -0.3 is 14.4 Å². The molecule has 0 aliphatic carbocycles. The molecule has 0 saturated heterocycles. The summed E-state index contributed by atoms with van der Waals surface area (Å²) < 4.78 is 169. The summed E-state index contributed by atoms with van der Waals surface area (Å²) in [5.74, 6) is 0. The summed E-state index contributed by atoms with van der Waals surface area (Å²) in [7, 11) is 0. The van der Waals surface area contributed by atoms with Gasteiger partial charge in [0.25, 0.3) is 6.71 Å². The van der Waals surface area contributed by atoms with Gasteiger partial charge in [-0.1, -0.05) is 244 Å². The first-order chi connectivity index (χ1) is 47.1. The fourth-order valence-corrected chi connectivity index (χ4v) is 12.3. The molecule has 0 saturated carbocycles. The van der Waals surface area contributed by atoms with Gasteiger partial charge in [-0.3, -0.25) is 0 Å². The molecule has 0 bridgehead atoms. The van der Waals surface area contributed by atoms with E-state index in [9.17, 15) is 20.6 Å². The van der Waals surface area contributed by atoms with Gasteiger partial charge in [0.2, 0.25) is 0 Å². The molecule has 0 N–H and O–H groups in total. The lowest BCUT2D eigenvalue weighted by Crippen LogP contribution is -2.62. The van der Waals surface area contributed by atoms with Gasteiger partial charge in [-0.15, -0.1) is 0 Å². The van der Waals surface area contributed by atoms with E-state index in [1.54, 1.807) is 0 Å². The largest absolute Gasteiger partial charge is 0.310 e. The molecule has 3 nitrogen and oxygen atoms in total. The van der Waals surface area contributed by atoms with E-state index in [0.29, 0.717) is 67.2 Å². The lowest BCUT2D eigenvalue weighted by atomic mass is 9.32. The zero-order valence-corrected chi connectivity index (χ0v) is 47.9. The van der Waals surface area contributed by atoms with E-state index in [-0.39, 0.29) is 33.1 Å². The second-order valence-electron chi connectivity index (χ2n) is 24.9. The average Bonchev–Trinajstić information content (AvgIpc) is 0.808. The third-order valence-corrected chi connectivity index (χ3v) is 16.5. The molecule has 4 heteroatoms. The second-order valence-corrected chi connectivity index (χ2v) is 24.9. The Kier molecular flexibility index (Phi) is 8.56. The van der Waals surface area contributed by atoms with Crippen LogP contribution < -0.4 is 26.2 Å². The number of benzene rings is 11. The van der Waals surface area contributed by atoms with Crippen LogP contribution in [0.15, 0.2) is 242 Å². The van der Waals surface area contributed by atoms with Crippen LogP contribution in [0.5, 0.6) is 0 Å². The normalized spacial score (nSPS) is 16.2. The fraction of sp³-hybridized carbons (Fsp3) is 0.165. The van der Waals surface area contributed by atoms with Crippen molar-refractivity contribution in [3.8, 4) is 50.2 Å². The van der Waals surface area contributed by atoms with Crippen LogP contribution in [-0.4, -0.2) is 11.3 Å². The molecule has 12 aromatic rings. The van der Waals surface area contributed by atoms with Crippen LogP contribution in [0.2, 0.25) is 0 Å². The molecular weight excluding hydrogens is 1000 g/mol. The van der Waals surface area contributed by atoms with E-state index in [1.807, 2.05) is 143 Å². The Morgan fingerprint density at radius 1 is 0.386 bits per heavy atom. The molecule has 3 heterocycles. The molecular formula is C79H70BN3. The predicted molar refractivity (Wildman–Crippen MR) is 357 cm³/mol. The van der Waals surface area contributed by atoms with Crippen LogP contribution >= 0.6 is 0 Å². The molecule has 0 radical (unpaired) electrons. The summed E-state index contributed by atoms with van der Waals surface area (Å²) in [5.41, 5.74) is 5.92. The molecule has 2 aliphatic rings. The Morgan fingerprint density at radius 3 is 1.17 bits per heavy atom. The summed E-state index contributed by atoms with van der Waals surface area (Å²) in [6.45, 7) is 13.9. The predicted octanol–water partition coefficient (Wildman–Crippen LogP) is 19.7. The lowest BCUT2D eigenvalue weighted by Gasteiger charge is -2.47. The summed E-state index contributed by atoms with van der Waals surface area (Å²) >= 11 is 0. The Bertz CT molecular complexity index is 5260. The Balaban J connectivity index is 1.31. The molecule has 0 atom stereocenters. The van der Waals surface area contributed by atoms with Crippen molar-refractivity contribution >= 4 is 79.0 Å². The number of hydrogen-bond donors (Lipinski definition) is 0. The van der Waals surface area contributed by atoms with Crippen LogP contribution in [-0.2, 0) is 16.2 Å². The topological polar surface area (TPSA) is 11.4 Å². The first-order valence-corrected chi connectivity index (χ1v) is 28.2.